The first-order valence-electron chi connectivity index (χ1n) is 6.65. The predicted molar refractivity (Wildman–Crippen MR) is 78.0 cm³/mol. The third-order valence-corrected chi connectivity index (χ3v) is 3.37. The van der Waals surface area contributed by atoms with E-state index in [4.69, 9.17) is 5.26 Å². The van der Waals surface area contributed by atoms with E-state index in [9.17, 15) is 4.79 Å². The molecule has 0 spiro atoms. The number of fused-ring (bicyclic) bond motifs is 1. The van der Waals surface area contributed by atoms with Gasteiger partial charge in [0.25, 0.3) is 5.82 Å². The number of carbonyl (C=O) groups excluding carboxylic acids is 1. The second-order valence-electron chi connectivity index (χ2n) is 4.85. The molecule has 0 aliphatic carbocycles. The highest BCUT2D eigenvalue weighted by Gasteiger charge is 2.18. The van der Waals surface area contributed by atoms with Gasteiger partial charge in [0, 0.05) is 6.20 Å². The van der Waals surface area contributed by atoms with Crippen LogP contribution in [0.2, 0.25) is 0 Å². The molecule has 0 radical (unpaired) electrons. The molecule has 3 aromatic rings. The van der Waals surface area contributed by atoms with Crippen molar-refractivity contribution in [2.45, 2.75) is 19.9 Å². The minimum Gasteiger partial charge on any atom is -0.309 e. The molecule has 1 atom stereocenters. The normalized spacial score (nSPS) is 12.0. The van der Waals surface area contributed by atoms with E-state index in [0.29, 0.717) is 5.82 Å². The third kappa shape index (κ3) is 2.29. The molecule has 0 aromatic carbocycles. The zero-order chi connectivity index (χ0) is 15.7. The average Bonchev–Trinajstić information content (AvgIpc) is 3.14. The molecule has 0 aliphatic heterocycles. The Morgan fingerprint density at radius 2 is 2.27 bits per heavy atom. The fraction of sp³-hybridized carbons (Fsp3) is 0.214. The second kappa shape index (κ2) is 5.29. The number of nitrogens with one attached hydrogen (secondary N) is 1. The molecule has 1 unspecified atom stereocenters. The zero-order valence-electron chi connectivity index (χ0n) is 12.1. The molecule has 0 bridgehead atoms. The Morgan fingerprint density at radius 1 is 1.45 bits per heavy atom. The summed E-state index contributed by atoms with van der Waals surface area (Å²) in [6, 6.07) is 5.08. The van der Waals surface area contributed by atoms with Crippen molar-refractivity contribution in [3.8, 4) is 6.07 Å². The number of pyridine rings is 1. The fourth-order valence-electron chi connectivity index (χ4n) is 2.11. The van der Waals surface area contributed by atoms with Crippen LogP contribution in [0.4, 0.5) is 5.82 Å². The maximum absolute atomic E-state index is 12.3. The Kier molecular flexibility index (Phi) is 3.31. The molecule has 8 heteroatoms. The number of amides is 1. The summed E-state index contributed by atoms with van der Waals surface area (Å²) in [7, 11) is 0. The topological polar surface area (TPSA) is 101 Å². The third-order valence-electron chi connectivity index (χ3n) is 3.37. The van der Waals surface area contributed by atoms with Gasteiger partial charge in [-0.15, -0.1) is 5.10 Å². The summed E-state index contributed by atoms with van der Waals surface area (Å²) in [5.74, 6) is 0.346. The molecule has 0 fully saturated rings. The summed E-state index contributed by atoms with van der Waals surface area (Å²) < 4.78 is 3.16. The Hall–Kier alpha value is -3.21. The van der Waals surface area contributed by atoms with E-state index in [1.165, 1.54) is 11.0 Å². The van der Waals surface area contributed by atoms with Gasteiger partial charge in [0.05, 0.1) is 6.20 Å². The Balaban J connectivity index is 1.84. The molecule has 8 nitrogen and oxygen atoms in total. The van der Waals surface area contributed by atoms with Crippen molar-refractivity contribution in [1.82, 2.24) is 24.1 Å². The Labute approximate surface area is 126 Å². The van der Waals surface area contributed by atoms with E-state index >= 15 is 0 Å². The SMILES string of the molecule is Cc1cccn2c(NC(=O)C(C)n3cnc(C#N)n3)cnc12. The van der Waals surface area contributed by atoms with Gasteiger partial charge in [0.15, 0.2) is 0 Å². The first-order valence-corrected chi connectivity index (χ1v) is 6.65. The predicted octanol–water partition coefficient (Wildman–Crippen LogP) is 1.31. The van der Waals surface area contributed by atoms with E-state index in [2.05, 4.69) is 20.4 Å². The zero-order valence-corrected chi connectivity index (χ0v) is 12.1. The van der Waals surface area contributed by atoms with Crippen LogP contribution in [0.3, 0.4) is 0 Å². The van der Waals surface area contributed by atoms with Crippen molar-refractivity contribution in [2.75, 3.05) is 5.32 Å². The molecular formula is C14H13N7O. The lowest BCUT2D eigenvalue weighted by atomic mass is 10.3. The van der Waals surface area contributed by atoms with E-state index in [1.54, 1.807) is 13.1 Å². The summed E-state index contributed by atoms with van der Waals surface area (Å²) in [5.41, 5.74) is 1.81. The van der Waals surface area contributed by atoms with Crippen molar-refractivity contribution in [1.29, 1.82) is 5.26 Å². The first-order chi connectivity index (χ1) is 10.6. The van der Waals surface area contributed by atoms with Crippen molar-refractivity contribution in [3.63, 3.8) is 0 Å². The summed E-state index contributed by atoms with van der Waals surface area (Å²) in [4.78, 5) is 20.4. The van der Waals surface area contributed by atoms with Gasteiger partial charge >= 0.3 is 0 Å². The van der Waals surface area contributed by atoms with Gasteiger partial charge in [0.1, 0.15) is 29.9 Å². The van der Waals surface area contributed by atoms with E-state index < -0.39 is 6.04 Å². The summed E-state index contributed by atoms with van der Waals surface area (Å²) in [6.07, 6.45) is 4.80. The molecule has 110 valence electrons. The second-order valence-corrected chi connectivity index (χ2v) is 4.85. The minimum atomic E-state index is -0.593. The highest BCUT2D eigenvalue weighted by Crippen LogP contribution is 2.16. The van der Waals surface area contributed by atoms with Crippen molar-refractivity contribution >= 4 is 17.4 Å². The first kappa shape index (κ1) is 13.8. The highest BCUT2D eigenvalue weighted by atomic mass is 16.2. The van der Waals surface area contributed by atoms with Crippen molar-refractivity contribution in [2.24, 2.45) is 0 Å². The van der Waals surface area contributed by atoms with Gasteiger partial charge in [-0.25, -0.2) is 14.6 Å². The summed E-state index contributed by atoms with van der Waals surface area (Å²) in [5, 5.41) is 15.4. The molecule has 3 aromatic heterocycles. The molecule has 1 amide bonds. The largest absolute Gasteiger partial charge is 0.309 e. The maximum atomic E-state index is 12.3. The molecule has 3 rings (SSSR count). The summed E-state index contributed by atoms with van der Waals surface area (Å²) >= 11 is 0. The van der Waals surface area contributed by atoms with Crippen LogP contribution in [0.5, 0.6) is 0 Å². The quantitative estimate of drug-likeness (QED) is 0.785. The number of aryl methyl sites for hydroxylation is 1. The molecular weight excluding hydrogens is 282 g/mol. The van der Waals surface area contributed by atoms with Crippen LogP contribution >= 0.6 is 0 Å². The number of anilines is 1. The van der Waals surface area contributed by atoms with E-state index in [-0.39, 0.29) is 11.7 Å². The van der Waals surface area contributed by atoms with Gasteiger partial charge < -0.3 is 5.32 Å². The van der Waals surface area contributed by atoms with Crippen LogP contribution in [0.25, 0.3) is 5.65 Å². The van der Waals surface area contributed by atoms with Crippen LogP contribution in [0.1, 0.15) is 24.4 Å². The number of nitrogens with zero attached hydrogens (tertiary/aromatic N) is 6. The van der Waals surface area contributed by atoms with E-state index in [1.807, 2.05) is 35.7 Å². The van der Waals surface area contributed by atoms with Crippen LogP contribution in [-0.4, -0.2) is 30.1 Å². The number of hydrogen-bond donors (Lipinski definition) is 1. The molecule has 1 N–H and O–H groups in total. The maximum Gasteiger partial charge on any atom is 0.252 e. The van der Waals surface area contributed by atoms with Crippen molar-refractivity contribution < 1.29 is 4.79 Å². The molecule has 0 saturated heterocycles. The average molecular weight is 295 g/mol. The minimum absolute atomic E-state index is 0.0325. The summed E-state index contributed by atoms with van der Waals surface area (Å²) in [6.45, 7) is 3.63. The molecule has 0 saturated carbocycles. The van der Waals surface area contributed by atoms with E-state index in [0.717, 1.165) is 11.2 Å². The Morgan fingerprint density at radius 3 is 3.00 bits per heavy atom. The van der Waals surface area contributed by atoms with Crippen LogP contribution in [-0.2, 0) is 4.79 Å². The van der Waals surface area contributed by atoms with Gasteiger partial charge in [-0.1, -0.05) is 6.07 Å². The number of nitriles is 1. The van der Waals surface area contributed by atoms with Gasteiger partial charge in [0.2, 0.25) is 5.91 Å². The number of imidazole rings is 1. The van der Waals surface area contributed by atoms with Crippen molar-refractivity contribution in [3.05, 3.63) is 42.2 Å². The van der Waals surface area contributed by atoms with Crippen LogP contribution < -0.4 is 5.32 Å². The molecule has 22 heavy (non-hydrogen) atoms. The molecule has 3 heterocycles. The standard InChI is InChI=1S/C14H13N7O/c1-9-4-3-5-20-12(7-16-13(9)20)18-14(22)10(2)21-8-17-11(6-15)19-21/h3-5,7-8,10H,1-2H3,(H,18,22). The van der Waals surface area contributed by atoms with Crippen LogP contribution in [0, 0.1) is 18.3 Å². The lowest BCUT2D eigenvalue weighted by Crippen LogP contribution is -2.24. The number of carbonyl (C=O) groups is 1. The van der Waals surface area contributed by atoms with Gasteiger partial charge in [-0.2, -0.15) is 5.26 Å². The number of hydrogen-bond acceptors (Lipinski definition) is 5. The molecule has 0 aliphatic rings. The van der Waals surface area contributed by atoms with Crippen LogP contribution in [0.15, 0.2) is 30.9 Å². The van der Waals surface area contributed by atoms with Gasteiger partial charge in [-0.3, -0.25) is 9.20 Å². The van der Waals surface area contributed by atoms with Gasteiger partial charge in [-0.05, 0) is 25.5 Å². The number of rotatable bonds is 3. The Bertz CT molecular complexity index is 886. The smallest absolute Gasteiger partial charge is 0.252 e. The lowest BCUT2D eigenvalue weighted by molar-refractivity contribution is -0.119. The number of aromatic nitrogens is 5. The monoisotopic (exact) mass is 295 g/mol. The fourth-order valence-corrected chi connectivity index (χ4v) is 2.11. The lowest BCUT2D eigenvalue weighted by Gasteiger charge is -2.11. The highest BCUT2D eigenvalue weighted by molar-refractivity contribution is 5.93.